The van der Waals surface area contributed by atoms with Crippen LogP contribution in [-0.4, -0.2) is 21.9 Å². The molecule has 1 aromatic rings. The summed E-state index contributed by atoms with van der Waals surface area (Å²) < 4.78 is 0. The lowest BCUT2D eigenvalue weighted by molar-refractivity contribution is -0.124. The van der Waals surface area contributed by atoms with Gasteiger partial charge in [-0.3, -0.25) is 4.79 Å². The third-order valence-electron chi connectivity index (χ3n) is 3.13. The smallest absolute Gasteiger partial charge is 0.237 e. The second kappa shape index (κ2) is 6.39. The highest BCUT2D eigenvalue weighted by Gasteiger charge is 2.22. The second-order valence-corrected chi connectivity index (χ2v) is 4.36. The summed E-state index contributed by atoms with van der Waals surface area (Å²) in [7, 11) is 0. The molecule has 0 saturated heterocycles. The molecule has 1 aromatic heterocycles. The lowest BCUT2D eigenvalue weighted by Crippen LogP contribution is -2.45. The first-order valence-corrected chi connectivity index (χ1v) is 6.15. The van der Waals surface area contributed by atoms with Crippen LogP contribution in [0, 0.1) is 5.92 Å². The number of imidazole rings is 1. The lowest BCUT2D eigenvalue weighted by Gasteiger charge is -2.21. The minimum Gasteiger partial charge on any atom is -0.347 e. The van der Waals surface area contributed by atoms with E-state index >= 15 is 0 Å². The number of nitrogens with two attached hydrogens (primary N) is 1. The molecule has 1 amide bonds. The van der Waals surface area contributed by atoms with Crippen LogP contribution in [0.5, 0.6) is 0 Å². The zero-order valence-corrected chi connectivity index (χ0v) is 10.7. The molecule has 4 N–H and O–H groups in total. The number of aromatic amines is 1. The number of aromatic nitrogens is 2. The zero-order valence-electron chi connectivity index (χ0n) is 10.7. The van der Waals surface area contributed by atoms with Crippen LogP contribution in [-0.2, 0) is 4.79 Å². The molecule has 0 saturated carbocycles. The zero-order chi connectivity index (χ0) is 12.8. The van der Waals surface area contributed by atoms with E-state index in [4.69, 9.17) is 5.73 Å². The van der Waals surface area contributed by atoms with E-state index < -0.39 is 6.04 Å². The molecule has 0 fully saturated rings. The number of hydrogen-bond donors (Lipinski definition) is 3. The van der Waals surface area contributed by atoms with Crippen molar-refractivity contribution in [3.05, 3.63) is 18.2 Å². The van der Waals surface area contributed by atoms with Gasteiger partial charge in [0.05, 0.1) is 12.1 Å². The van der Waals surface area contributed by atoms with E-state index in [1.165, 1.54) is 0 Å². The minimum atomic E-state index is -0.455. The summed E-state index contributed by atoms with van der Waals surface area (Å²) in [5.74, 6) is 0.851. The molecule has 17 heavy (non-hydrogen) atoms. The number of hydrogen-bond acceptors (Lipinski definition) is 3. The number of rotatable bonds is 6. The highest BCUT2D eigenvalue weighted by atomic mass is 16.2. The average molecular weight is 238 g/mol. The quantitative estimate of drug-likeness (QED) is 0.699. The number of carbonyl (C=O) groups is 1. The Bertz CT molecular complexity index is 336. The first-order valence-electron chi connectivity index (χ1n) is 6.15. The van der Waals surface area contributed by atoms with Crippen LogP contribution in [0.1, 0.15) is 45.5 Å². The number of nitrogens with zero attached hydrogens (tertiary/aromatic N) is 1. The molecule has 0 spiro atoms. The molecule has 0 aromatic carbocycles. The van der Waals surface area contributed by atoms with Crippen molar-refractivity contribution in [1.82, 2.24) is 15.3 Å². The summed E-state index contributed by atoms with van der Waals surface area (Å²) in [6, 6.07) is -0.545. The molecule has 1 rings (SSSR count). The molecule has 5 nitrogen and oxygen atoms in total. The summed E-state index contributed by atoms with van der Waals surface area (Å²) in [5, 5.41) is 2.93. The second-order valence-electron chi connectivity index (χ2n) is 4.36. The maximum atomic E-state index is 11.9. The molecule has 0 aliphatic rings. The highest BCUT2D eigenvalue weighted by Crippen LogP contribution is 2.13. The van der Waals surface area contributed by atoms with Gasteiger partial charge in [-0.25, -0.2) is 4.98 Å². The maximum Gasteiger partial charge on any atom is 0.237 e. The van der Waals surface area contributed by atoms with Crippen LogP contribution in [0.4, 0.5) is 0 Å². The Kier molecular flexibility index (Phi) is 5.15. The third kappa shape index (κ3) is 3.56. The van der Waals surface area contributed by atoms with Gasteiger partial charge in [-0.1, -0.05) is 27.2 Å². The van der Waals surface area contributed by atoms with Gasteiger partial charge in [0.1, 0.15) is 5.82 Å². The standard InChI is InChI=1S/C12H22N4O/c1-4-8(3)10(13)12(17)16-9(5-2)11-14-6-7-15-11/h6-10H,4-5,13H2,1-3H3,(H,14,15)(H,16,17)/t8-,9?,10-/m0/s1. The average Bonchev–Trinajstić information content (AvgIpc) is 2.87. The van der Waals surface area contributed by atoms with Crippen LogP contribution in [0.25, 0.3) is 0 Å². The molecule has 0 aliphatic heterocycles. The van der Waals surface area contributed by atoms with Gasteiger partial charge < -0.3 is 16.0 Å². The van der Waals surface area contributed by atoms with E-state index in [1.54, 1.807) is 12.4 Å². The Morgan fingerprint density at radius 3 is 2.71 bits per heavy atom. The van der Waals surface area contributed by atoms with Crippen molar-refractivity contribution >= 4 is 5.91 Å². The molecule has 0 bridgehead atoms. The molecular weight excluding hydrogens is 216 g/mol. The predicted octanol–water partition coefficient (Wildman–Crippen LogP) is 1.35. The van der Waals surface area contributed by atoms with E-state index in [9.17, 15) is 4.79 Å². The van der Waals surface area contributed by atoms with Crippen LogP contribution in [0.3, 0.4) is 0 Å². The Balaban J connectivity index is 2.60. The molecule has 1 heterocycles. The molecule has 96 valence electrons. The summed E-state index contributed by atoms with van der Waals surface area (Å²) in [6.07, 6.45) is 5.11. The van der Waals surface area contributed by atoms with Crippen LogP contribution in [0.2, 0.25) is 0 Å². The van der Waals surface area contributed by atoms with Crippen molar-refractivity contribution in [2.75, 3.05) is 0 Å². The van der Waals surface area contributed by atoms with Gasteiger partial charge in [0.15, 0.2) is 0 Å². The minimum absolute atomic E-state index is 0.0902. The van der Waals surface area contributed by atoms with Crippen molar-refractivity contribution in [1.29, 1.82) is 0 Å². The van der Waals surface area contributed by atoms with Gasteiger partial charge in [-0.15, -0.1) is 0 Å². The van der Waals surface area contributed by atoms with Gasteiger partial charge >= 0.3 is 0 Å². The summed E-state index contributed by atoms with van der Waals surface area (Å²) in [5.41, 5.74) is 5.88. The van der Waals surface area contributed by atoms with Gasteiger partial charge in [0, 0.05) is 12.4 Å². The van der Waals surface area contributed by atoms with Gasteiger partial charge in [0.25, 0.3) is 0 Å². The van der Waals surface area contributed by atoms with Gasteiger partial charge in [0.2, 0.25) is 5.91 Å². The van der Waals surface area contributed by atoms with Crippen LogP contribution >= 0.6 is 0 Å². The number of carbonyl (C=O) groups excluding carboxylic acids is 1. The van der Waals surface area contributed by atoms with E-state index in [-0.39, 0.29) is 17.9 Å². The number of H-pyrrole nitrogens is 1. The molecule has 5 heteroatoms. The largest absolute Gasteiger partial charge is 0.347 e. The fraction of sp³-hybridized carbons (Fsp3) is 0.667. The van der Waals surface area contributed by atoms with Crippen molar-refractivity contribution in [3.8, 4) is 0 Å². The highest BCUT2D eigenvalue weighted by molar-refractivity contribution is 5.82. The molecule has 1 unspecified atom stereocenters. The molecular formula is C12H22N4O. The van der Waals surface area contributed by atoms with Crippen molar-refractivity contribution in [2.24, 2.45) is 11.7 Å². The number of nitrogens with one attached hydrogen (secondary N) is 2. The summed E-state index contributed by atoms with van der Waals surface area (Å²) in [6.45, 7) is 6.02. The maximum absolute atomic E-state index is 11.9. The monoisotopic (exact) mass is 238 g/mol. The Morgan fingerprint density at radius 2 is 2.24 bits per heavy atom. The van der Waals surface area contributed by atoms with E-state index in [2.05, 4.69) is 15.3 Å². The Labute approximate surface area is 102 Å². The SMILES string of the molecule is CCC(NC(=O)[C@@H](N)[C@@H](C)CC)c1ncc[nH]1. The summed E-state index contributed by atoms with van der Waals surface area (Å²) >= 11 is 0. The fourth-order valence-corrected chi connectivity index (χ4v) is 1.61. The normalized spacial score (nSPS) is 16.2. The van der Waals surface area contributed by atoms with E-state index in [0.29, 0.717) is 0 Å². The first kappa shape index (κ1) is 13.7. The Morgan fingerprint density at radius 1 is 1.53 bits per heavy atom. The van der Waals surface area contributed by atoms with Crippen molar-refractivity contribution in [3.63, 3.8) is 0 Å². The molecule has 3 atom stereocenters. The third-order valence-corrected chi connectivity index (χ3v) is 3.13. The van der Waals surface area contributed by atoms with E-state index in [0.717, 1.165) is 18.7 Å². The van der Waals surface area contributed by atoms with Crippen LogP contribution in [0.15, 0.2) is 12.4 Å². The number of amides is 1. The van der Waals surface area contributed by atoms with Crippen molar-refractivity contribution < 1.29 is 4.79 Å². The van der Waals surface area contributed by atoms with Crippen LogP contribution < -0.4 is 11.1 Å². The topological polar surface area (TPSA) is 83.8 Å². The van der Waals surface area contributed by atoms with Gasteiger partial charge in [-0.2, -0.15) is 0 Å². The summed E-state index contributed by atoms with van der Waals surface area (Å²) in [4.78, 5) is 19.1. The predicted molar refractivity (Wildman–Crippen MR) is 67.2 cm³/mol. The molecule has 0 radical (unpaired) electrons. The van der Waals surface area contributed by atoms with E-state index in [1.807, 2.05) is 20.8 Å². The fourth-order valence-electron chi connectivity index (χ4n) is 1.61. The van der Waals surface area contributed by atoms with Gasteiger partial charge in [-0.05, 0) is 12.3 Å². The van der Waals surface area contributed by atoms with Crippen molar-refractivity contribution in [2.45, 2.75) is 45.7 Å². The lowest BCUT2D eigenvalue weighted by atomic mass is 9.99. The first-order chi connectivity index (χ1) is 8.10. The molecule has 0 aliphatic carbocycles. The Hall–Kier alpha value is -1.36.